The Morgan fingerprint density at radius 3 is 3.00 bits per heavy atom. The van der Waals surface area contributed by atoms with Gasteiger partial charge in [0.15, 0.2) is 0 Å². The highest BCUT2D eigenvalue weighted by atomic mass is 16.5. The Labute approximate surface area is 162 Å². The lowest BCUT2D eigenvalue weighted by Crippen LogP contribution is -2.42. The van der Waals surface area contributed by atoms with E-state index in [0.29, 0.717) is 12.0 Å². The average Bonchev–Trinajstić information content (AvgIpc) is 3.29. The van der Waals surface area contributed by atoms with E-state index in [1.807, 2.05) is 11.7 Å². The largest absolute Gasteiger partial charge is 0.493 e. The van der Waals surface area contributed by atoms with Crippen LogP contribution in [0.1, 0.15) is 42.5 Å². The van der Waals surface area contributed by atoms with E-state index in [1.54, 1.807) is 0 Å². The lowest BCUT2D eigenvalue weighted by atomic mass is 9.85. The van der Waals surface area contributed by atoms with E-state index in [1.165, 1.54) is 36.1 Å². The normalized spacial score (nSPS) is 22.8. The molecule has 2 aliphatic heterocycles. The van der Waals surface area contributed by atoms with Crippen LogP contribution in [0, 0.1) is 5.92 Å². The lowest BCUT2D eigenvalue weighted by Gasteiger charge is -2.42. The fourth-order valence-electron chi connectivity index (χ4n) is 4.89. The molecule has 2 aliphatic rings. The van der Waals surface area contributed by atoms with E-state index in [-0.39, 0.29) is 0 Å². The molecule has 27 heavy (non-hydrogen) atoms. The Kier molecular flexibility index (Phi) is 5.50. The predicted octanol–water partition coefficient (Wildman–Crippen LogP) is 3.26. The summed E-state index contributed by atoms with van der Waals surface area (Å²) in [5, 5.41) is 4.44. The molecule has 5 nitrogen and oxygen atoms in total. The first kappa shape index (κ1) is 18.5. The molecule has 3 heterocycles. The van der Waals surface area contributed by atoms with Crippen LogP contribution in [0.5, 0.6) is 5.75 Å². The zero-order valence-corrected chi connectivity index (χ0v) is 16.9. The van der Waals surface area contributed by atoms with Crippen molar-refractivity contribution in [2.24, 2.45) is 13.0 Å². The van der Waals surface area contributed by atoms with Gasteiger partial charge in [-0.15, -0.1) is 0 Å². The molecule has 0 amide bonds. The molecule has 0 spiro atoms. The van der Waals surface area contributed by atoms with Gasteiger partial charge >= 0.3 is 0 Å². The number of hydrogen-bond donors (Lipinski definition) is 0. The summed E-state index contributed by atoms with van der Waals surface area (Å²) in [7, 11) is 4.27. The summed E-state index contributed by atoms with van der Waals surface area (Å²) >= 11 is 0. The van der Waals surface area contributed by atoms with Crippen LogP contribution in [0.3, 0.4) is 0 Å². The molecule has 0 radical (unpaired) electrons. The molecular formula is C22H32N4O. The highest BCUT2D eigenvalue weighted by molar-refractivity contribution is 5.39. The molecule has 0 N–H and O–H groups in total. The standard InChI is InChI=1S/C22H32N4O/c1-4-26-10-5-6-19(22(26)20-13-23-25(3)16-20)15-24(2)14-17-7-8-21-18(12-17)9-11-27-21/h7-8,12-13,16,19,22H,4-6,9-11,14-15H2,1-3H3/t19-,22+/m0/s1. The summed E-state index contributed by atoms with van der Waals surface area (Å²) in [6.07, 6.45) is 7.89. The van der Waals surface area contributed by atoms with E-state index in [0.717, 1.165) is 38.4 Å². The van der Waals surface area contributed by atoms with Crippen LogP contribution in [-0.2, 0) is 20.0 Å². The van der Waals surface area contributed by atoms with Gasteiger partial charge in [-0.25, -0.2) is 0 Å². The number of likely N-dealkylation sites (tertiary alicyclic amines) is 1. The summed E-state index contributed by atoms with van der Waals surface area (Å²) in [5.41, 5.74) is 4.12. The molecule has 146 valence electrons. The van der Waals surface area contributed by atoms with E-state index in [4.69, 9.17) is 4.74 Å². The van der Waals surface area contributed by atoms with Crippen molar-refractivity contribution in [3.8, 4) is 5.75 Å². The maximum absolute atomic E-state index is 5.64. The van der Waals surface area contributed by atoms with Gasteiger partial charge in [0.2, 0.25) is 0 Å². The van der Waals surface area contributed by atoms with E-state index in [9.17, 15) is 0 Å². The molecule has 1 fully saturated rings. The van der Waals surface area contributed by atoms with Gasteiger partial charge in [0.1, 0.15) is 5.75 Å². The summed E-state index contributed by atoms with van der Waals surface area (Å²) < 4.78 is 7.58. The van der Waals surface area contributed by atoms with Crippen molar-refractivity contribution in [1.29, 1.82) is 0 Å². The summed E-state index contributed by atoms with van der Waals surface area (Å²) in [6, 6.07) is 7.17. The third-order valence-electron chi connectivity index (χ3n) is 6.09. The third-order valence-corrected chi connectivity index (χ3v) is 6.09. The van der Waals surface area contributed by atoms with Gasteiger partial charge in [0.05, 0.1) is 12.8 Å². The van der Waals surface area contributed by atoms with Gasteiger partial charge in [-0.2, -0.15) is 5.10 Å². The summed E-state index contributed by atoms with van der Waals surface area (Å²) in [6.45, 7) is 7.52. The lowest BCUT2D eigenvalue weighted by molar-refractivity contribution is 0.0749. The number of benzene rings is 1. The minimum atomic E-state index is 0.480. The van der Waals surface area contributed by atoms with Crippen LogP contribution in [-0.4, -0.2) is 52.9 Å². The smallest absolute Gasteiger partial charge is 0.122 e. The third kappa shape index (κ3) is 4.04. The quantitative estimate of drug-likeness (QED) is 0.784. The number of ether oxygens (including phenoxy) is 1. The number of aromatic nitrogens is 2. The Morgan fingerprint density at radius 1 is 1.33 bits per heavy atom. The zero-order valence-electron chi connectivity index (χ0n) is 16.9. The second-order valence-corrected chi connectivity index (χ2v) is 8.16. The van der Waals surface area contributed by atoms with Crippen LogP contribution in [0.25, 0.3) is 0 Å². The molecule has 0 unspecified atom stereocenters. The van der Waals surface area contributed by atoms with Crippen LogP contribution in [0.15, 0.2) is 30.6 Å². The highest BCUT2D eigenvalue weighted by Crippen LogP contribution is 2.36. The Bertz CT molecular complexity index is 771. The number of piperidine rings is 1. The maximum atomic E-state index is 5.64. The fraction of sp³-hybridized carbons (Fsp3) is 0.591. The van der Waals surface area contributed by atoms with Gasteiger partial charge in [-0.1, -0.05) is 19.1 Å². The monoisotopic (exact) mass is 368 g/mol. The first-order chi connectivity index (χ1) is 13.1. The second-order valence-electron chi connectivity index (χ2n) is 8.16. The molecule has 1 saturated heterocycles. The van der Waals surface area contributed by atoms with Crippen molar-refractivity contribution in [2.45, 2.75) is 38.8 Å². The Hall–Kier alpha value is -1.85. The minimum Gasteiger partial charge on any atom is -0.493 e. The van der Waals surface area contributed by atoms with Gasteiger partial charge in [0.25, 0.3) is 0 Å². The molecule has 1 aromatic heterocycles. The summed E-state index contributed by atoms with van der Waals surface area (Å²) in [4.78, 5) is 5.12. The van der Waals surface area contributed by atoms with E-state index in [2.05, 4.69) is 59.5 Å². The van der Waals surface area contributed by atoms with Crippen molar-refractivity contribution in [3.05, 3.63) is 47.3 Å². The number of rotatable bonds is 6. The van der Waals surface area contributed by atoms with Crippen molar-refractivity contribution in [2.75, 3.05) is 33.3 Å². The average molecular weight is 369 g/mol. The van der Waals surface area contributed by atoms with Crippen molar-refractivity contribution in [1.82, 2.24) is 19.6 Å². The first-order valence-corrected chi connectivity index (χ1v) is 10.3. The van der Waals surface area contributed by atoms with Crippen molar-refractivity contribution in [3.63, 3.8) is 0 Å². The minimum absolute atomic E-state index is 0.480. The van der Waals surface area contributed by atoms with E-state index >= 15 is 0 Å². The molecule has 0 aliphatic carbocycles. The number of fused-ring (bicyclic) bond motifs is 1. The molecular weight excluding hydrogens is 336 g/mol. The Morgan fingerprint density at radius 2 is 2.22 bits per heavy atom. The maximum Gasteiger partial charge on any atom is 0.122 e. The molecule has 5 heteroatoms. The predicted molar refractivity (Wildman–Crippen MR) is 108 cm³/mol. The van der Waals surface area contributed by atoms with E-state index < -0.39 is 0 Å². The summed E-state index contributed by atoms with van der Waals surface area (Å²) in [5.74, 6) is 1.72. The Balaban J connectivity index is 1.45. The van der Waals surface area contributed by atoms with Crippen LogP contribution in [0.4, 0.5) is 0 Å². The fourth-order valence-corrected chi connectivity index (χ4v) is 4.89. The van der Waals surface area contributed by atoms with Gasteiger partial charge in [0, 0.05) is 44.4 Å². The number of aryl methyl sites for hydroxylation is 1. The van der Waals surface area contributed by atoms with Gasteiger partial charge in [-0.05, 0) is 56.1 Å². The number of hydrogen-bond acceptors (Lipinski definition) is 4. The zero-order chi connectivity index (χ0) is 18.8. The molecule has 1 aromatic carbocycles. The molecule has 2 atom stereocenters. The van der Waals surface area contributed by atoms with Crippen LogP contribution < -0.4 is 4.74 Å². The SMILES string of the molecule is CCN1CCC[C@@H](CN(C)Cc2ccc3c(c2)CCO3)[C@@H]1c1cnn(C)c1. The number of nitrogens with zero attached hydrogens (tertiary/aromatic N) is 4. The highest BCUT2D eigenvalue weighted by Gasteiger charge is 2.33. The van der Waals surface area contributed by atoms with Crippen LogP contribution in [0.2, 0.25) is 0 Å². The van der Waals surface area contributed by atoms with Gasteiger partial charge < -0.3 is 9.64 Å². The van der Waals surface area contributed by atoms with Crippen molar-refractivity contribution < 1.29 is 4.74 Å². The molecule has 0 saturated carbocycles. The topological polar surface area (TPSA) is 33.5 Å². The molecule has 2 aromatic rings. The van der Waals surface area contributed by atoms with Crippen LogP contribution >= 0.6 is 0 Å². The van der Waals surface area contributed by atoms with Crippen molar-refractivity contribution >= 4 is 0 Å². The first-order valence-electron chi connectivity index (χ1n) is 10.3. The second kappa shape index (κ2) is 8.03. The van der Waals surface area contributed by atoms with Gasteiger partial charge in [-0.3, -0.25) is 9.58 Å². The molecule has 4 rings (SSSR count). The molecule has 0 bridgehead atoms.